The van der Waals surface area contributed by atoms with Gasteiger partial charge in [0.15, 0.2) is 0 Å². The van der Waals surface area contributed by atoms with Crippen molar-refractivity contribution in [3.8, 4) is 0 Å². The van der Waals surface area contributed by atoms with E-state index in [2.05, 4.69) is 38.1 Å². The SMILES string of the molecule is CC(C)NC(=O)c1cccc2c1CCCN2CC(=O)Nc1ccccc1I. The van der Waals surface area contributed by atoms with Gasteiger partial charge in [0.25, 0.3) is 5.91 Å². The van der Waals surface area contributed by atoms with Crippen LogP contribution in [0.2, 0.25) is 0 Å². The lowest BCUT2D eigenvalue weighted by molar-refractivity contribution is -0.115. The van der Waals surface area contributed by atoms with Crippen LogP contribution in [0.3, 0.4) is 0 Å². The summed E-state index contributed by atoms with van der Waals surface area (Å²) in [6.45, 7) is 4.98. The largest absolute Gasteiger partial charge is 0.362 e. The van der Waals surface area contributed by atoms with Crippen LogP contribution in [-0.4, -0.2) is 30.9 Å². The van der Waals surface area contributed by atoms with Crippen LogP contribution in [0.15, 0.2) is 42.5 Å². The first kappa shape index (κ1) is 19.7. The summed E-state index contributed by atoms with van der Waals surface area (Å²) in [5.74, 6) is -0.101. The Kier molecular flexibility index (Phi) is 6.36. The van der Waals surface area contributed by atoms with E-state index in [1.54, 1.807) is 0 Å². The molecule has 0 aromatic heterocycles. The Hall–Kier alpha value is -2.09. The minimum absolute atomic E-state index is 0.0491. The van der Waals surface area contributed by atoms with E-state index in [-0.39, 0.29) is 24.4 Å². The summed E-state index contributed by atoms with van der Waals surface area (Å²) in [6, 6.07) is 13.6. The van der Waals surface area contributed by atoms with Gasteiger partial charge < -0.3 is 15.5 Å². The molecule has 0 spiro atoms. The van der Waals surface area contributed by atoms with Gasteiger partial charge in [-0.3, -0.25) is 9.59 Å². The summed E-state index contributed by atoms with van der Waals surface area (Å²) in [4.78, 5) is 27.2. The van der Waals surface area contributed by atoms with E-state index in [4.69, 9.17) is 0 Å². The number of nitrogens with zero attached hydrogens (tertiary/aromatic N) is 1. The maximum absolute atomic E-state index is 12.6. The Morgan fingerprint density at radius 3 is 2.67 bits per heavy atom. The van der Waals surface area contributed by atoms with Crippen molar-refractivity contribution in [2.75, 3.05) is 23.3 Å². The zero-order valence-electron chi connectivity index (χ0n) is 15.6. The molecule has 27 heavy (non-hydrogen) atoms. The molecule has 0 atom stereocenters. The molecule has 0 unspecified atom stereocenters. The quantitative estimate of drug-likeness (QED) is 0.644. The Morgan fingerprint density at radius 2 is 1.93 bits per heavy atom. The van der Waals surface area contributed by atoms with Gasteiger partial charge in [-0.05, 0) is 79.1 Å². The van der Waals surface area contributed by atoms with Crippen molar-refractivity contribution in [3.63, 3.8) is 0 Å². The van der Waals surface area contributed by atoms with Crippen LogP contribution in [0.5, 0.6) is 0 Å². The average Bonchev–Trinajstić information content (AvgIpc) is 2.63. The monoisotopic (exact) mass is 477 g/mol. The lowest BCUT2D eigenvalue weighted by Crippen LogP contribution is -2.38. The number of anilines is 2. The summed E-state index contributed by atoms with van der Waals surface area (Å²) in [7, 11) is 0. The zero-order chi connectivity index (χ0) is 19.4. The third-order valence-corrected chi connectivity index (χ3v) is 5.43. The molecule has 142 valence electrons. The Morgan fingerprint density at radius 1 is 1.15 bits per heavy atom. The van der Waals surface area contributed by atoms with Crippen molar-refractivity contribution in [2.45, 2.75) is 32.7 Å². The predicted octanol–water partition coefficient (Wildman–Crippen LogP) is 3.82. The van der Waals surface area contributed by atoms with Gasteiger partial charge in [0.2, 0.25) is 5.91 Å². The Bertz CT molecular complexity index is 851. The van der Waals surface area contributed by atoms with Crippen molar-refractivity contribution < 1.29 is 9.59 Å². The molecule has 2 amide bonds. The molecule has 3 rings (SSSR count). The molecule has 2 aromatic carbocycles. The van der Waals surface area contributed by atoms with Crippen molar-refractivity contribution in [2.24, 2.45) is 0 Å². The number of hydrogen-bond donors (Lipinski definition) is 2. The maximum Gasteiger partial charge on any atom is 0.251 e. The number of rotatable bonds is 5. The molecule has 6 heteroatoms. The van der Waals surface area contributed by atoms with E-state index in [1.807, 2.05) is 56.3 Å². The van der Waals surface area contributed by atoms with Crippen LogP contribution < -0.4 is 15.5 Å². The highest BCUT2D eigenvalue weighted by molar-refractivity contribution is 14.1. The second-order valence-corrected chi connectivity index (χ2v) is 8.15. The minimum Gasteiger partial charge on any atom is -0.362 e. The number of hydrogen-bond acceptors (Lipinski definition) is 3. The number of fused-ring (bicyclic) bond motifs is 1. The summed E-state index contributed by atoms with van der Waals surface area (Å²) in [5, 5.41) is 5.95. The molecule has 2 N–H and O–H groups in total. The molecule has 0 saturated carbocycles. The molecule has 0 radical (unpaired) electrons. The van der Waals surface area contributed by atoms with Crippen LogP contribution in [-0.2, 0) is 11.2 Å². The van der Waals surface area contributed by atoms with Gasteiger partial charge >= 0.3 is 0 Å². The van der Waals surface area contributed by atoms with Crippen LogP contribution >= 0.6 is 22.6 Å². The van der Waals surface area contributed by atoms with Crippen molar-refractivity contribution in [3.05, 3.63) is 57.2 Å². The molecular formula is C21H24IN3O2. The molecule has 0 fully saturated rings. The predicted molar refractivity (Wildman–Crippen MR) is 117 cm³/mol. The second kappa shape index (κ2) is 8.73. The lowest BCUT2D eigenvalue weighted by atomic mass is 9.95. The van der Waals surface area contributed by atoms with Crippen molar-refractivity contribution >= 4 is 45.8 Å². The molecule has 1 aliphatic rings. The van der Waals surface area contributed by atoms with E-state index in [9.17, 15) is 9.59 Å². The molecule has 0 aliphatic carbocycles. The summed E-state index contributed by atoms with van der Waals surface area (Å²) >= 11 is 2.21. The highest BCUT2D eigenvalue weighted by Gasteiger charge is 2.24. The lowest BCUT2D eigenvalue weighted by Gasteiger charge is -2.32. The van der Waals surface area contributed by atoms with Gasteiger partial charge in [0, 0.05) is 27.4 Å². The normalized spacial score (nSPS) is 13.3. The summed E-state index contributed by atoms with van der Waals surface area (Å²) in [6.07, 6.45) is 1.78. The molecule has 0 bridgehead atoms. The fraction of sp³-hybridized carbons (Fsp3) is 0.333. The van der Waals surface area contributed by atoms with E-state index < -0.39 is 0 Å². The van der Waals surface area contributed by atoms with E-state index in [0.717, 1.165) is 39.9 Å². The first-order valence-corrected chi connectivity index (χ1v) is 10.3. The summed E-state index contributed by atoms with van der Waals surface area (Å²) < 4.78 is 1.01. The van der Waals surface area contributed by atoms with Gasteiger partial charge in [-0.25, -0.2) is 0 Å². The third-order valence-electron chi connectivity index (χ3n) is 4.49. The van der Waals surface area contributed by atoms with E-state index in [1.165, 1.54) is 0 Å². The van der Waals surface area contributed by atoms with Gasteiger partial charge in [-0.2, -0.15) is 0 Å². The number of carbonyl (C=O) groups is 2. The van der Waals surface area contributed by atoms with Gasteiger partial charge in [-0.1, -0.05) is 18.2 Å². The molecule has 1 aliphatic heterocycles. The van der Waals surface area contributed by atoms with Gasteiger partial charge in [-0.15, -0.1) is 0 Å². The fourth-order valence-corrected chi connectivity index (χ4v) is 3.87. The first-order valence-electron chi connectivity index (χ1n) is 9.18. The molecular weight excluding hydrogens is 453 g/mol. The number of para-hydroxylation sites is 1. The zero-order valence-corrected chi connectivity index (χ0v) is 17.7. The second-order valence-electron chi connectivity index (χ2n) is 6.98. The molecule has 1 heterocycles. The molecule has 2 aromatic rings. The number of amides is 2. The standard InChI is InChI=1S/C21H24IN3O2/c1-14(2)23-21(27)16-7-5-11-19-15(16)8-6-12-25(19)13-20(26)24-18-10-4-3-9-17(18)22/h3-5,7,9-11,14H,6,8,12-13H2,1-2H3,(H,23,27)(H,24,26). The number of halogens is 1. The van der Waals surface area contributed by atoms with Gasteiger partial charge in [0.05, 0.1) is 12.2 Å². The molecule has 5 nitrogen and oxygen atoms in total. The smallest absolute Gasteiger partial charge is 0.251 e. The van der Waals surface area contributed by atoms with Crippen LogP contribution in [0.25, 0.3) is 0 Å². The van der Waals surface area contributed by atoms with Crippen LogP contribution in [0.4, 0.5) is 11.4 Å². The van der Waals surface area contributed by atoms with Crippen LogP contribution in [0.1, 0.15) is 36.2 Å². The average molecular weight is 477 g/mol. The Labute approximate surface area is 173 Å². The highest BCUT2D eigenvalue weighted by Crippen LogP contribution is 2.30. The maximum atomic E-state index is 12.6. The van der Waals surface area contributed by atoms with E-state index in [0.29, 0.717) is 5.56 Å². The number of carbonyl (C=O) groups excluding carboxylic acids is 2. The summed E-state index contributed by atoms with van der Waals surface area (Å²) in [5.41, 5.74) is 3.55. The van der Waals surface area contributed by atoms with Crippen molar-refractivity contribution in [1.29, 1.82) is 0 Å². The van der Waals surface area contributed by atoms with Gasteiger partial charge in [0.1, 0.15) is 0 Å². The Balaban J connectivity index is 1.77. The number of benzene rings is 2. The topological polar surface area (TPSA) is 61.4 Å². The minimum atomic E-state index is -0.0519. The fourth-order valence-electron chi connectivity index (χ4n) is 3.34. The number of nitrogens with one attached hydrogen (secondary N) is 2. The molecule has 0 saturated heterocycles. The highest BCUT2D eigenvalue weighted by atomic mass is 127. The third kappa shape index (κ3) is 4.80. The van der Waals surface area contributed by atoms with Crippen LogP contribution in [0, 0.1) is 3.57 Å². The first-order chi connectivity index (χ1) is 13.0. The van der Waals surface area contributed by atoms with E-state index >= 15 is 0 Å². The van der Waals surface area contributed by atoms with Crippen molar-refractivity contribution in [1.82, 2.24) is 5.32 Å².